The number of hydrogen-bond donors (Lipinski definition) is 1. The molecule has 0 aliphatic rings. The maximum Gasteiger partial charge on any atom is 0.387 e. The van der Waals surface area contributed by atoms with E-state index in [0.717, 1.165) is 10.2 Å². The van der Waals surface area contributed by atoms with E-state index in [0.29, 0.717) is 16.1 Å². The van der Waals surface area contributed by atoms with Crippen molar-refractivity contribution < 1.29 is 28.2 Å². The SMILES string of the molecule is COc1ccc(/C=C(\CCC(=O)O)c2nc3ccccc3s2)cc1OC(F)F. The molecule has 2 aromatic carbocycles. The molecular weight excluding hydrogens is 388 g/mol. The molecule has 0 spiro atoms. The van der Waals surface area contributed by atoms with E-state index < -0.39 is 12.6 Å². The Kier molecular flexibility index (Phi) is 6.20. The Hall–Kier alpha value is -3.00. The number of benzene rings is 2. The zero-order chi connectivity index (χ0) is 20.1. The first-order valence-electron chi connectivity index (χ1n) is 8.37. The number of alkyl halides is 2. The van der Waals surface area contributed by atoms with Crippen LogP contribution in [-0.4, -0.2) is 29.8 Å². The minimum absolute atomic E-state index is 0.0711. The van der Waals surface area contributed by atoms with Crippen LogP contribution < -0.4 is 9.47 Å². The molecule has 1 N–H and O–H groups in total. The minimum atomic E-state index is -2.98. The fourth-order valence-corrected chi connectivity index (χ4v) is 3.67. The summed E-state index contributed by atoms with van der Waals surface area (Å²) in [6, 6.07) is 12.2. The van der Waals surface area contributed by atoms with Crippen molar-refractivity contribution in [1.82, 2.24) is 4.98 Å². The molecule has 146 valence electrons. The first-order valence-corrected chi connectivity index (χ1v) is 9.19. The highest BCUT2D eigenvalue weighted by Crippen LogP contribution is 2.34. The van der Waals surface area contributed by atoms with Gasteiger partial charge >= 0.3 is 12.6 Å². The van der Waals surface area contributed by atoms with Gasteiger partial charge in [0.25, 0.3) is 0 Å². The number of thiazole rings is 1. The second-order valence-electron chi connectivity index (χ2n) is 5.84. The third-order valence-corrected chi connectivity index (χ3v) is 5.03. The van der Waals surface area contributed by atoms with Crippen molar-refractivity contribution in [3.8, 4) is 11.5 Å². The van der Waals surface area contributed by atoms with Crippen LogP contribution in [-0.2, 0) is 4.79 Å². The van der Waals surface area contributed by atoms with Crippen LogP contribution in [0.4, 0.5) is 8.78 Å². The second kappa shape index (κ2) is 8.79. The van der Waals surface area contributed by atoms with Gasteiger partial charge in [-0.05, 0) is 47.9 Å². The van der Waals surface area contributed by atoms with Gasteiger partial charge in [-0.2, -0.15) is 8.78 Å². The van der Waals surface area contributed by atoms with Crippen LogP contribution in [0.3, 0.4) is 0 Å². The van der Waals surface area contributed by atoms with Crippen LogP contribution in [0.5, 0.6) is 11.5 Å². The van der Waals surface area contributed by atoms with Crippen molar-refractivity contribution >= 4 is 39.2 Å². The van der Waals surface area contributed by atoms with E-state index in [9.17, 15) is 13.6 Å². The van der Waals surface area contributed by atoms with E-state index in [1.165, 1.54) is 30.6 Å². The number of aliphatic carboxylic acids is 1. The van der Waals surface area contributed by atoms with E-state index in [2.05, 4.69) is 9.72 Å². The minimum Gasteiger partial charge on any atom is -0.493 e. The highest BCUT2D eigenvalue weighted by molar-refractivity contribution is 7.19. The summed E-state index contributed by atoms with van der Waals surface area (Å²) in [6.07, 6.45) is 1.92. The van der Waals surface area contributed by atoms with Crippen LogP contribution in [0.2, 0.25) is 0 Å². The number of hydrogen-bond acceptors (Lipinski definition) is 5. The van der Waals surface area contributed by atoms with Gasteiger partial charge in [-0.1, -0.05) is 18.2 Å². The quantitative estimate of drug-likeness (QED) is 0.550. The largest absolute Gasteiger partial charge is 0.493 e. The molecule has 5 nitrogen and oxygen atoms in total. The number of halogens is 2. The zero-order valence-corrected chi connectivity index (χ0v) is 15.7. The molecule has 0 fully saturated rings. The summed E-state index contributed by atoms with van der Waals surface area (Å²) >= 11 is 1.45. The molecule has 1 aromatic heterocycles. The number of nitrogens with zero attached hydrogens (tertiary/aromatic N) is 1. The molecule has 0 aliphatic heterocycles. The zero-order valence-electron chi connectivity index (χ0n) is 14.9. The summed E-state index contributed by atoms with van der Waals surface area (Å²) in [5.41, 5.74) is 2.10. The van der Waals surface area contributed by atoms with E-state index >= 15 is 0 Å². The van der Waals surface area contributed by atoms with Crippen LogP contribution in [0, 0.1) is 0 Å². The molecule has 0 saturated carbocycles. The fourth-order valence-electron chi connectivity index (χ4n) is 2.66. The monoisotopic (exact) mass is 405 g/mol. The Labute approximate surface area is 163 Å². The number of rotatable bonds is 8. The molecule has 1 heterocycles. The predicted octanol–water partition coefficient (Wildman–Crippen LogP) is 5.31. The molecule has 0 atom stereocenters. The van der Waals surface area contributed by atoms with Crippen molar-refractivity contribution in [2.24, 2.45) is 0 Å². The molecule has 3 rings (SSSR count). The Bertz CT molecular complexity index is 983. The van der Waals surface area contributed by atoms with Crippen molar-refractivity contribution in [3.63, 3.8) is 0 Å². The van der Waals surface area contributed by atoms with Crippen molar-refractivity contribution in [3.05, 3.63) is 53.0 Å². The van der Waals surface area contributed by atoms with Crippen LogP contribution >= 0.6 is 11.3 Å². The van der Waals surface area contributed by atoms with Crippen molar-refractivity contribution in [2.75, 3.05) is 7.11 Å². The highest BCUT2D eigenvalue weighted by Gasteiger charge is 2.14. The third-order valence-electron chi connectivity index (χ3n) is 3.92. The highest BCUT2D eigenvalue weighted by atomic mass is 32.1. The van der Waals surface area contributed by atoms with E-state index in [4.69, 9.17) is 9.84 Å². The lowest BCUT2D eigenvalue weighted by Crippen LogP contribution is -2.03. The Morgan fingerprint density at radius 2 is 2.00 bits per heavy atom. The lowest BCUT2D eigenvalue weighted by Gasteiger charge is -2.11. The number of aromatic nitrogens is 1. The summed E-state index contributed by atoms with van der Waals surface area (Å²) < 4.78 is 35.9. The number of para-hydroxylation sites is 1. The van der Waals surface area contributed by atoms with Gasteiger partial charge in [0, 0.05) is 6.42 Å². The number of fused-ring (bicyclic) bond motifs is 1. The molecule has 0 aliphatic carbocycles. The maximum absolute atomic E-state index is 12.7. The van der Waals surface area contributed by atoms with Gasteiger partial charge in [0.05, 0.1) is 17.3 Å². The number of ether oxygens (including phenoxy) is 2. The molecule has 28 heavy (non-hydrogen) atoms. The lowest BCUT2D eigenvalue weighted by molar-refractivity contribution is -0.136. The van der Waals surface area contributed by atoms with Crippen LogP contribution in [0.1, 0.15) is 23.4 Å². The summed E-state index contributed by atoms with van der Waals surface area (Å²) in [5, 5.41) is 9.75. The van der Waals surface area contributed by atoms with Crippen molar-refractivity contribution in [1.29, 1.82) is 0 Å². The van der Waals surface area contributed by atoms with Gasteiger partial charge in [0.15, 0.2) is 11.5 Å². The van der Waals surface area contributed by atoms with E-state index in [-0.39, 0.29) is 24.3 Å². The first-order chi connectivity index (χ1) is 13.5. The molecule has 3 aromatic rings. The Morgan fingerprint density at radius 3 is 2.68 bits per heavy atom. The topological polar surface area (TPSA) is 68.7 Å². The lowest BCUT2D eigenvalue weighted by atomic mass is 10.1. The molecule has 0 amide bonds. The number of carboxylic acids is 1. The maximum atomic E-state index is 12.7. The number of methoxy groups -OCH3 is 1. The fraction of sp³-hybridized carbons (Fsp3) is 0.200. The predicted molar refractivity (Wildman–Crippen MR) is 104 cm³/mol. The summed E-state index contributed by atoms with van der Waals surface area (Å²) in [4.78, 5) is 15.6. The van der Waals surface area contributed by atoms with Gasteiger partial charge in [0.2, 0.25) is 0 Å². The molecule has 0 saturated heterocycles. The summed E-state index contributed by atoms with van der Waals surface area (Å²) in [5.74, 6) is -0.832. The average molecular weight is 405 g/mol. The number of allylic oxidation sites excluding steroid dienone is 1. The van der Waals surface area contributed by atoms with Gasteiger partial charge in [-0.25, -0.2) is 4.98 Å². The Morgan fingerprint density at radius 1 is 1.21 bits per heavy atom. The van der Waals surface area contributed by atoms with Gasteiger partial charge in [-0.15, -0.1) is 11.3 Å². The molecule has 0 radical (unpaired) electrons. The van der Waals surface area contributed by atoms with Gasteiger partial charge < -0.3 is 14.6 Å². The standard InChI is InChI=1S/C20H17F2NO4S/c1-26-15-8-6-12(11-16(15)27-20(21)22)10-13(7-9-18(24)25)19-23-14-4-2-3-5-17(14)28-19/h2-6,8,10-11,20H,7,9H2,1H3,(H,24,25)/b13-10+. The molecule has 8 heteroatoms. The first kappa shape index (κ1) is 19.8. The van der Waals surface area contributed by atoms with E-state index in [1.807, 2.05) is 24.3 Å². The van der Waals surface area contributed by atoms with Crippen LogP contribution in [0.25, 0.3) is 21.9 Å². The molecular formula is C20H17F2NO4S. The molecule has 0 bridgehead atoms. The van der Waals surface area contributed by atoms with Gasteiger partial charge in [0.1, 0.15) is 5.01 Å². The molecule has 0 unspecified atom stereocenters. The Balaban J connectivity index is 2.01. The number of carboxylic acid groups (broad SMARTS) is 1. The second-order valence-corrected chi connectivity index (χ2v) is 6.87. The average Bonchev–Trinajstić information content (AvgIpc) is 3.08. The summed E-state index contributed by atoms with van der Waals surface area (Å²) in [6.45, 7) is -2.98. The normalized spacial score (nSPS) is 11.8. The summed E-state index contributed by atoms with van der Waals surface area (Å²) in [7, 11) is 1.36. The van der Waals surface area contributed by atoms with Crippen LogP contribution in [0.15, 0.2) is 42.5 Å². The third kappa shape index (κ3) is 4.83. The van der Waals surface area contributed by atoms with Gasteiger partial charge in [-0.3, -0.25) is 4.79 Å². The smallest absolute Gasteiger partial charge is 0.387 e. The van der Waals surface area contributed by atoms with Crippen molar-refractivity contribution in [2.45, 2.75) is 19.5 Å². The van der Waals surface area contributed by atoms with E-state index in [1.54, 1.807) is 12.1 Å². The number of carbonyl (C=O) groups is 1.